The second kappa shape index (κ2) is 7.69. The molecule has 0 fully saturated rings. The number of hydrogen-bond donors (Lipinski definition) is 1. The van der Waals surface area contributed by atoms with E-state index in [1.165, 1.54) is 25.1 Å². The van der Waals surface area contributed by atoms with Gasteiger partial charge < -0.3 is 14.5 Å². The van der Waals surface area contributed by atoms with Crippen LogP contribution in [-0.2, 0) is 4.79 Å². The number of nitro benzene ring substituents is 1. The highest BCUT2D eigenvalue weighted by molar-refractivity contribution is 6.32. The van der Waals surface area contributed by atoms with Crippen molar-refractivity contribution >= 4 is 39.9 Å². The number of aryl methyl sites for hydroxylation is 1. The minimum absolute atomic E-state index is 0.0248. The third-order valence-electron chi connectivity index (χ3n) is 4.02. The molecule has 9 heteroatoms. The number of hydrogen-bond acceptors (Lipinski definition) is 6. The molecule has 28 heavy (non-hydrogen) atoms. The molecule has 3 aromatic rings. The van der Waals surface area contributed by atoms with Crippen molar-refractivity contribution < 1.29 is 18.9 Å². The number of nitro groups is 1. The Morgan fingerprint density at radius 1 is 1.25 bits per heavy atom. The second-order valence-electron chi connectivity index (χ2n) is 6.08. The summed E-state index contributed by atoms with van der Waals surface area (Å²) in [6.07, 6.45) is -0.931. The van der Waals surface area contributed by atoms with E-state index in [9.17, 15) is 19.7 Å². The minimum atomic E-state index is -0.931. The molecule has 0 spiro atoms. The number of benzene rings is 2. The van der Waals surface area contributed by atoms with Crippen molar-refractivity contribution in [1.29, 1.82) is 0 Å². The monoisotopic (exact) mass is 402 g/mol. The van der Waals surface area contributed by atoms with Gasteiger partial charge >= 0.3 is 5.63 Å². The Hall–Kier alpha value is -3.39. The molecule has 0 saturated heterocycles. The number of non-ortho nitro benzene ring substituents is 1. The van der Waals surface area contributed by atoms with Gasteiger partial charge in [-0.15, -0.1) is 0 Å². The molecule has 1 amide bonds. The molecule has 0 radical (unpaired) electrons. The predicted molar refractivity (Wildman–Crippen MR) is 104 cm³/mol. The van der Waals surface area contributed by atoms with Crippen LogP contribution < -0.4 is 15.7 Å². The van der Waals surface area contributed by atoms with Crippen LogP contribution in [-0.4, -0.2) is 16.9 Å². The zero-order valence-electron chi connectivity index (χ0n) is 14.9. The normalized spacial score (nSPS) is 11.8. The molecule has 1 atom stereocenters. The predicted octanol–water partition coefficient (Wildman–Crippen LogP) is 4.07. The van der Waals surface area contributed by atoms with Crippen LogP contribution in [0.4, 0.5) is 11.4 Å². The summed E-state index contributed by atoms with van der Waals surface area (Å²) in [4.78, 5) is 34.1. The summed E-state index contributed by atoms with van der Waals surface area (Å²) < 4.78 is 10.7. The fourth-order valence-electron chi connectivity index (χ4n) is 2.59. The third-order valence-corrected chi connectivity index (χ3v) is 4.31. The molecular formula is C19H15ClN2O6. The van der Waals surface area contributed by atoms with E-state index in [0.717, 1.165) is 17.0 Å². The fraction of sp³-hybridized carbons (Fsp3) is 0.158. The molecule has 2 aromatic carbocycles. The number of amides is 1. The lowest BCUT2D eigenvalue weighted by molar-refractivity contribution is -0.384. The Balaban J connectivity index is 1.75. The second-order valence-corrected chi connectivity index (χ2v) is 6.49. The van der Waals surface area contributed by atoms with Crippen molar-refractivity contribution in [3.05, 3.63) is 73.6 Å². The van der Waals surface area contributed by atoms with Crippen LogP contribution in [0.3, 0.4) is 0 Å². The van der Waals surface area contributed by atoms with Crippen LogP contribution in [0, 0.1) is 17.0 Å². The van der Waals surface area contributed by atoms with Crippen LogP contribution in [0.25, 0.3) is 11.0 Å². The Bertz CT molecular complexity index is 1140. The zero-order valence-corrected chi connectivity index (χ0v) is 15.6. The smallest absolute Gasteiger partial charge is 0.336 e. The van der Waals surface area contributed by atoms with Crippen molar-refractivity contribution in [2.45, 2.75) is 20.0 Å². The largest absolute Gasteiger partial charge is 0.479 e. The van der Waals surface area contributed by atoms with Crippen LogP contribution >= 0.6 is 11.6 Å². The van der Waals surface area contributed by atoms with Crippen molar-refractivity contribution in [3.8, 4) is 5.75 Å². The molecule has 1 heterocycles. The Kier molecular flexibility index (Phi) is 5.32. The molecule has 0 aliphatic carbocycles. The number of nitrogens with zero attached hydrogens (tertiary/aromatic N) is 1. The highest BCUT2D eigenvalue weighted by Gasteiger charge is 2.18. The Morgan fingerprint density at radius 3 is 2.68 bits per heavy atom. The van der Waals surface area contributed by atoms with Crippen LogP contribution in [0.1, 0.15) is 12.5 Å². The van der Waals surface area contributed by atoms with Crippen molar-refractivity contribution in [1.82, 2.24) is 0 Å². The molecule has 0 unspecified atom stereocenters. The maximum Gasteiger partial charge on any atom is 0.336 e. The maximum absolute atomic E-state index is 12.4. The third kappa shape index (κ3) is 4.12. The van der Waals surface area contributed by atoms with E-state index in [4.69, 9.17) is 20.8 Å². The maximum atomic E-state index is 12.4. The fourth-order valence-corrected chi connectivity index (χ4v) is 2.81. The average Bonchev–Trinajstić information content (AvgIpc) is 2.62. The van der Waals surface area contributed by atoms with E-state index in [-0.39, 0.29) is 16.5 Å². The van der Waals surface area contributed by atoms with Crippen LogP contribution in [0.15, 0.2) is 51.7 Å². The van der Waals surface area contributed by atoms with E-state index in [2.05, 4.69) is 5.32 Å². The lowest BCUT2D eigenvalue weighted by Gasteiger charge is -2.15. The molecule has 1 aromatic heterocycles. The van der Waals surface area contributed by atoms with Gasteiger partial charge in [-0.1, -0.05) is 11.6 Å². The molecule has 3 rings (SSSR count). The molecule has 0 aliphatic rings. The summed E-state index contributed by atoms with van der Waals surface area (Å²) >= 11 is 5.97. The summed E-state index contributed by atoms with van der Waals surface area (Å²) in [5.41, 5.74) is 0.903. The highest BCUT2D eigenvalue weighted by atomic mass is 35.5. The van der Waals surface area contributed by atoms with Gasteiger partial charge in [-0.25, -0.2) is 4.79 Å². The summed E-state index contributed by atoms with van der Waals surface area (Å²) in [7, 11) is 0. The molecule has 144 valence electrons. The first-order chi connectivity index (χ1) is 13.2. The number of anilines is 1. The highest BCUT2D eigenvalue weighted by Crippen LogP contribution is 2.29. The lowest BCUT2D eigenvalue weighted by Crippen LogP contribution is -2.30. The van der Waals surface area contributed by atoms with E-state index in [0.29, 0.717) is 11.3 Å². The first-order valence-electron chi connectivity index (χ1n) is 8.20. The van der Waals surface area contributed by atoms with Gasteiger partial charge in [-0.3, -0.25) is 14.9 Å². The van der Waals surface area contributed by atoms with E-state index in [1.54, 1.807) is 25.1 Å². The lowest BCUT2D eigenvalue weighted by atomic mass is 10.1. The van der Waals surface area contributed by atoms with Crippen molar-refractivity contribution in [3.63, 3.8) is 0 Å². The number of carbonyl (C=O) groups excluding carboxylic acids is 1. The number of nitrogens with one attached hydrogen (secondary N) is 1. The van der Waals surface area contributed by atoms with Crippen molar-refractivity contribution in [2.24, 2.45) is 0 Å². The molecular weight excluding hydrogens is 388 g/mol. The molecule has 0 bridgehead atoms. The van der Waals surface area contributed by atoms with E-state index < -0.39 is 22.6 Å². The number of ether oxygens (including phenoxy) is 1. The number of fused-ring (bicyclic) bond motifs is 1. The van der Waals surface area contributed by atoms with Gasteiger partial charge in [0.2, 0.25) is 0 Å². The first kappa shape index (κ1) is 19.4. The van der Waals surface area contributed by atoms with Gasteiger partial charge in [0.15, 0.2) is 6.10 Å². The SMILES string of the molecule is Cc1cc(=O)oc2cc(NC(=O)[C@@H](C)Oc3ccc([N+](=O)[O-])cc3Cl)ccc12. The number of rotatable bonds is 5. The average molecular weight is 403 g/mol. The Morgan fingerprint density at radius 2 is 2.00 bits per heavy atom. The molecule has 8 nitrogen and oxygen atoms in total. The van der Waals surface area contributed by atoms with Crippen LogP contribution in [0.2, 0.25) is 5.02 Å². The summed E-state index contributed by atoms with van der Waals surface area (Å²) in [6.45, 7) is 3.31. The standard InChI is InChI=1S/C19H15ClN2O6/c1-10-7-18(23)28-17-8-12(3-5-14(10)17)21-19(24)11(2)27-16-6-4-13(22(25)26)9-15(16)20/h3-9,11H,1-2H3,(H,21,24)/t11-/m1/s1. The van der Waals surface area contributed by atoms with Gasteiger partial charge in [-0.2, -0.15) is 0 Å². The quantitative estimate of drug-likeness (QED) is 0.391. The number of halogens is 1. The van der Waals surface area contributed by atoms with E-state index >= 15 is 0 Å². The van der Waals surface area contributed by atoms with Crippen LogP contribution in [0.5, 0.6) is 5.75 Å². The minimum Gasteiger partial charge on any atom is -0.479 e. The Labute approximate surface area is 163 Å². The first-order valence-corrected chi connectivity index (χ1v) is 8.58. The van der Waals surface area contributed by atoms with Gasteiger partial charge in [0.05, 0.1) is 9.95 Å². The summed E-state index contributed by atoms with van der Waals surface area (Å²) in [5.74, 6) is -0.321. The number of carbonyl (C=O) groups is 1. The molecule has 1 N–H and O–H groups in total. The summed E-state index contributed by atoms with van der Waals surface area (Å²) in [6, 6.07) is 10.1. The summed E-state index contributed by atoms with van der Waals surface area (Å²) in [5, 5.41) is 14.2. The topological polar surface area (TPSA) is 112 Å². The van der Waals surface area contributed by atoms with Gasteiger partial charge in [0, 0.05) is 35.3 Å². The van der Waals surface area contributed by atoms with E-state index in [1.807, 2.05) is 0 Å². The zero-order chi connectivity index (χ0) is 20.4. The van der Waals surface area contributed by atoms with Gasteiger partial charge in [0.1, 0.15) is 11.3 Å². The molecule has 0 aliphatic heterocycles. The van der Waals surface area contributed by atoms with Gasteiger partial charge in [-0.05, 0) is 37.6 Å². The molecule has 0 saturated carbocycles. The van der Waals surface area contributed by atoms with Gasteiger partial charge in [0.25, 0.3) is 11.6 Å². The van der Waals surface area contributed by atoms with Crippen molar-refractivity contribution in [2.75, 3.05) is 5.32 Å².